The molecule has 5 rings (SSSR count). The monoisotopic (exact) mass is 351 g/mol. The highest BCUT2D eigenvalue weighted by Gasteiger charge is 2.15. The van der Waals surface area contributed by atoms with Gasteiger partial charge >= 0.3 is 0 Å². The molecule has 0 saturated heterocycles. The Kier molecular flexibility index (Phi) is 2.86. The molecule has 5 aromatic rings. The molecular weight excluding hydrogens is 342 g/mol. The lowest BCUT2D eigenvalue weighted by Gasteiger charge is -2.04. The molecule has 0 amide bonds. The van der Waals surface area contributed by atoms with Crippen molar-refractivity contribution in [3.05, 3.63) is 47.1 Å². The summed E-state index contributed by atoms with van der Waals surface area (Å²) < 4.78 is 7.50. The van der Waals surface area contributed by atoms with E-state index >= 15 is 0 Å². The zero-order chi connectivity index (χ0) is 16.3. The maximum Gasteiger partial charge on any atom is 0.163 e. The number of fused-ring (bicyclic) bond motifs is 4. The molecule has 116 valence electrons. The van der Waals surface area contributed by atoms with Gasteiger partial charge in [-0.3, -0.25) is 4.37 Å². The SMILES string of the molecule is Cc1ccc2nc(Cl)c(-c3nc4ccc5[nH]snc5c4n3)cc2c1. The first kappa shape index (κ1) is 13.8. The van der Waals surface area contributed by atoms with Crippen LogP contribution in [0.2, 0.25) is 5.15 Å². The minimum atomic E-state index is 0.405. The molecule has 3 heterocycles. The fourth-order valence-corrected chi connectivity index (χ4v) is 3.67. The highest BCUT2D eigenvalue weighted by molar-refractivity contribution is 7.00. The number of hydrogen-bond acceptors (Lipinski definition) is 5. The van der Waals surface area contributed by atoms with Crippen LogP contribution in [-0.4, -0.2) is 23.7 Å². The zero-order valence-electron chi connectivity index (χ0n) is 12.5. The third kappa shape index (κ3) is 2.00. The van der Waals surface area contributed by atoms with E-state index in [-0.39, 0.29) is 0 Å². The summed E-state index contributed by atoms with van der Waals surface area (Å²) in [5, 5.41) is 1.43. The summed E-state index contributed by atoms with van der Waals surface area (Å²) in [6.07, 6.45) is 0. The van der Waals surface area contributed by atoms with E-state index in [1.54, 1.807) is 0 Å². The fraction of sp³-hybridized carbons (Fsp3) is 0.0588. The number of nitrogens with one attached hydrogen (secondary N) is 1. The van der Waals surface area contributed by atoms with Crippen molar-refractivity contribution in [2.24, 2.45) is 0 Å². The van der Waals surface area contributed by atoms with Crippen molar-refractivity contribution in [2.75, 3.05) is 0 Å². The second-order valence-corrected chi connectivity index (χ2v) is 6.61. The van der Waals surface area contributed by atoms with Gasteiger partial charge in [0, 0.05) is 17.1 Å². The predicted octanol–water partition coefficient (Wildman–Crippen LogP) is 4.74. The van der Waals surface area contributed by atoms with Crippen LogP contribution in [0.5, 0.6) is 0 Å². The number of nitrogens with zero attached hydrogens (tertiary/aromatic N) is 4. The molecule has 0 atom stereocenters. The normalized spacial score (nSPS) is 11.8. The number of aryl methyl sites for hydroxylation is 1. The van der Waals surface area contributed by atoms with Gasteiger partial charge in [0.25, 0.3) is 0 Å². The van der Waals surface area contributed by atoms with Crippen molar-refractivity contribution in [1.82, 2.24) is 23.7 Å². The number of imidazole rings is 1. The van der Waals surface area contributed by atoms with Crippen molar-refractivity contribution in [3.8, 4) is 11.4 Å². The molecule has 0 spiro atoms. The average Bonchev–Trinajstić information content (AvgIpc) is 3.20. The Bertz CT molecular complexity index is 1240. The second kappa shape index (κ2) is 4.96. The van der Waals surface area contributed by atoms with Crippen molar-refractivity contribution in [2.45, 2.75) is 6.92 Å². The number of halogens is 1. The summed E-state index contributed by atoms with van der Waals surface area (Å²) in [5.41, 5.74) is 6.14. The van der Waals surface area contributed by atoms with Crippen LogP contribution in [-0.2, 0) is 0 Å². The first-order valence-corrected chi connectivity index (χ1v) is 8.52. The molecule has 3 aromatic heterocycles. The molecule has 0 saturated carbocycles. The van der Waals surface area contributed by atoms with E-state index in [2.05, 4.69) is 36.7 Å². The van der Waals surface area contributed by atoms with Gasteiger partial charge in [-0.2, -0.15) is 4.37 Å². The maximum absolute atomic E-state index is 6.39. The number of benzene rings is 2. The topological polar surface area (TPSA) is 67.3 Å². The van der Waals surface area contributed by atoms with Crippen molar-refractivity contribution in [3.63, 3.8) is 0 Å². The molecule has 7 heteroatoms. The van der Waals surface area contributed by atoms with Gasteiger partial charge in [0.05, 0.1) is 22.1 Å². The standard InChI is InChI=1S/C17H10ClN5S/c1-8-2-3-11-9(6-8)7-10(16(18)19-11)17-20-12-4-5-13-15(14(12)21-17)23-24-22-13/h2-7,22H,1H3. The van der Waals surface area contributed by atoms with Gasteiger partial charge in [-0.15, -0.1) is 0 Å². The van der Waals surface area contributed by atoms with Gasteiger partial charge in [-0.25, -0.2) is 15.0 Å². The molecule has 5 nitrogen and oxygen atoms in total. The van der Waals surface area contributed by atoms with Gasteiger partial charge in [0.1, 0.15) is 16.2 Å². The van der Waals surface area contributed by atoms with Crippen LogP contribution in [0.15, 0.2) is 36.4 Å². The number of pyridine rings is 1. The minimum Gasteiger partial charge on any atom is -0.293 e. The number of H-pyrrole nitrogens is 1. The summed E-state index contributed by atoms with van der Waals surface area (Å²) in [4.78, 5) is 13.8. The van der Waals surface area contributed by atoms with Gasteiger partial charge in [0.15, 0.2) is 5.82 Å². The molecule has 0 fully saturated rings. The lowest BCUT2D eigenvalue weighted by atomic mass is 10.1. The van der Waals surface area contributed by atoms with Crippen molar-refractivity contribution < 1.29 is 0 Å². The summed E-state index contributed by atoms with van der Waals surface area (Å²) in [5.74, 6) is 0.575. The molecule has 0 radical (unpaired) electrons. The largest absolute Gasteiger partial charge is 0.293 e. The second-order valence-electron chi connectivity index (χ2n) is 5.68. The molecule has 2 aromatic carbocycles. The molecule has 0 aliphatic rings. The predicted molar refractivity (Wildman–Crippen MR) is 97.6 cm³/mol. The zero-order valence-corrected chi connectivity index (χ0v) is 14.1. The van der Waals surface area contributed by atoms with Crippen LogP contribution in [0.3, 0.4) is 0 Å². The number of rotatable bonds is 1. The Morgan fingerprint density at radius 2 is 1.83 bits per heavy atom. The maximum atomic E-state index is 6.39. The summed E-state index contributed by atoms with van der Waals surface area (Å²) in [6.45, 7) is 2.05. The Balaban J connectivity index is 1.79. The van der Waals surface area contributed by atoms with Crippen LogP contribution >= 0.6 is 23.3 Å². The summed E-state index contributed by atoms with van der Waals surface area (Å²) >= 11 is 7.69. The van der Waals surface area contributed by atoms with Crippen molar-refractivity contribution in [1.29, 1.82) is 0 Å². The van der Waals surface area contributed by atoms with Crippen LogP contribution < -0.4 is 0 Å². The first-order valence-electron chi connectivity index (χ1n) is 7.37. The number of aromatic nitrogens is 5. The lowest BCUT2D eigenvalue weighted by Crippen LogP contribution is -1.88. The van der Waals surface area contributed by atoms with E-state index in [9.17, 15) is 0 Å². The molecule has 0 aliphatic carbocycles. The Labute approximate surface area is 145 Å². The Morgan fingerprint density at radius 1 is 0.958 bits per heavy atom. The summed E-state index contributed by atoms with van der Waals surface area (Å²) in [7, 11) is 0. The quantitative estimate of drug-likeness (QED) is 0.443. The van der Waals surface area contributed by atoms with E-state index in [1.165, 1.54) is 17.3 Å². The molecule has 0 aliphatic heterocycles. The van der Waals surface area contributed by atoms with Crippen LogP contribution in [0.1, 0.15) is 5.56 Å². The molecule has 0 bridgehead atoms. The Morgan fingerprint density at radius 3 is 2.75 bits per heavy atom. The van der Waals surface area contributed by atoms with Crippen LogP contribution in [0, 0.1) is 6.92 Å². The van der Waals surface area contributed by atoms with Gasteiger partial charge < -0.3 is 0 Å². The van der Waals surface area contributed by atoms with E-state index in [4.69, 9.17) is 11.6 Å². The van der Waals surface area contributed by atoms with E-state index < -0.39 is 0 Å². The van der Waals surface area contributed by atoms with Gasteiger partial charge in [0.2, 0.25) is 0 Å². The van der Waals surface area contributed by atoms with E-state index in [1.807, 2.05) is 30.3 Å². The number of hydrogen-bond donors (Lipinski definition) is 1. The van der Waals surface area contributed by atoms with Crippen LogP contribution in [0.4, 0.5) is 0 Å². The van der Waals surface area contributed by atoms with Crippen molar-refractivity contribution >= 4 is 56.3 Å². The first-order chi connectivity index (χ1) is 11.7. The fourth-order valence-electron chi connectivity index (χ4n) is 2.86. The van der Waals surface area contributed by atoms with Gasteiger partial charge in [-0.05, 0) is 37.3 Å². The van der Waals surface area contributed by atoms with Gasteiger partial charge in [-0.1, -0.05) is 23.2 Å². The highest BCUT2D eigenvalue weighted by Crippen LogP contribution is 2.31. The van der Waals surface area contributed by atoms with E-state index in [0.29, 0.717) is 11.0 Å². The summed E-state index contributed by atoms with van der Waals surface area (Å²) in [6, 6.07) is 12.0. The Hall–Kier alpha value is -2.57. The third-order valence-corrected chi connectivity index (χ3v) is 4.90. The molecule has 1 N–H and O–H groups in total. The smallest absolute Gasteiger partial charge is 0.163 e. The minimum absolute atomic E-state index is 0.405. The third-order valence-electron chi connectivity index (χ3n) is 4.03. The molecular formula is C17H10ClN5S. The molecule has 0 unspecified atom stereocenters. The van der Waals surface area contributed by atoms with Crippen LogP contribution in [0.25, 0.3) is 44.4 Å². The highest BCUT2D eigenvalue weighted by atomic mass is 35.5. The van der Waals surface area contributed by atoms with E-state index in [0.717, 1.165) is 38.5 Å². The lowest BCUT2D eigenvalue weighted by molar-refractivity contribution is 1.30. The number of aromatic amines is 1. The molecule has 24 heavy (non-hydrogen) atoms. The average molecular weight is 352 g/mol.